The molecule has 1 aromatic carbocycles. The molecule has 118 valence electrons. The predicted octanol–water partition coefficient (Wildman–Crippen LogP) is 1.88. The van der Waals surface area contributed by atoms with Crippen LogP contribution in [-0.4, -0.2) is 37.3 Å². The van der Waals surface area contributed by atoms with Crippen molar-refractivity contribution in [3.63, 3.8) is 0 Å². The molecule has 6 nitrogen and oxygen atoms in total. The molecule has 0 radical (unpaired) electrons. The maximum absolute atomic E-state index is 13.2. The van der Waals surface area contributed by atoms with E-state index in [9.17, 15) is 9.50 Å². The molecule has 0 spiro atoms. The quantitative estimate of drug-likeness (QED) is 0.782. The Kier molecular flexibility index (Phi) is 3.23. The average Bonchev–Trinajstić information content (AvgIpc) is 3.13. The fourth-order valence-electron chi connectivity index (χ4n) is 3.18. The molecule has 2 aromatic heterocycles. The maximum atomic E-state index is 13.2. The number of aliphatic hydroxyl groups is 1. The number of aromatic nitrogens is 4. The Morgan fingerprint density at radius 1 is 1.26 bits per heavy atom. The van der Waals surface area contributed by atoms with Gasteiger partial charge in [-0.15, -0.1) is 0 Å². The van der Waals surface area contributed by atoms with Gasteiger partial charge in [0.2, 0.25) is 0 Å². The van der Waals surface area contributed by atoms with Crippen LogP contribution in [0.2, 0.25) is 0 Å². The zero-order valence-electron chi connectivity index (χ0n) is 12.6. The molecule has 1 N–H and O–H groups in total. The fourth-order valence-corrected chi connectivity index (χ4v) is 3.18. The average molecular weight is 313 g/mol. The molecule has 1 fully saturated rings. The first-order valence-electron chi connectivity index (χ1n) is 7.49. The van der Waals surface area contributed by atoms with E-state index in [1.807, 2.05) is 13.0 Å². The lowest BCUT2D eigenvalue weighted by Crippen LogP contribution is -2.27. The van der Waals surface area contributed by atoms with Crippen LogP contribution in [0.3, 0.4) is 0 Å². The molecule has 3 heterocycles. The van der Waals surface area contributed by atoms with Gasteiger partial charge in [-0.25, -0.2) is 9.37 Å². The van der Waals surface area contributed by atoms with Gasteiger partial charge in [0.1, 0.15) is 18.0 Å². The van der Waals surface area contributed by atoms with E-state index in [-0.39, 0.29) is 11.9 Å². The van der Waals surface area contributed by atoms with Crippen molar-refractivity contribution in [3.05, 3.63) is 53.7 Å². The maximum Gasteiger partial charge on any atom is 0.254 e. The fraction of sp³-hybridized carbons (Fsp3) is 0.312. The summed E-state index contributed by atoms with van der Waals surface area (Å²) in [6.07, 6.45) is 1.60. The summed E-state index contributed by atoms with van der Waals surface area (Å²) in [5.74, 6) is 1.09. The van der Waals surface area contributed by atoms with Crippen LogP contribution >= 0.6 is 0 Å². The zero-order valence-corrected chi connectivity index (χ0v) is 12.6. The second kappa shape index (κ2) is 5.27. The van der Waals surface area contributed by atoms with Gasteiger partial charge in [-0.3, -0.25) is 0 Å². The summed E-state index contributed by atoms with van der Waals surface area (Å²) in [5.41, 5.74) is 1.80. The number of aliphatic hydroxyl groups excluding tert-OH is 1. The molecule has 2 atom stereocenters. The molecule has 0 unspecified atom stereocenters. The van der Waals surface area contributed by atoms with Crippen molar-refractivity contribution in [2.45, 2.75) is 25.5 Å². The minimum atomic E-state index is -0.447. The van der Waals surface area contributed by atoms with Crippen LogP contribution in [0.4, 0.5) is 10.2 Å². The van der Waals surface area contributed by atoms with Crippen molar-refractivity contribution in [1.82, 2.24) is 19.6 Å². The topological polar surface area (TPSA) is 66.5 Å². The third-order valence-corrected chi connectivity index (χ3v) is 4.19. The highest BCUT2D eigenvalue weighted by atomic mass is 19.1. The minimum absolute atomic E-state index is 0.0419. The number of benzene rings is 1. The number of rotatable bonds is 2. The molecule has 0 saturated carbocycles. The standard InChI is InChI=1S/C16H16FN5O/c1-10-6-15(22-16(20-10)18-9-19-22)21-8-13(23)7-14(21)11-2-4-12(17)5-3-11/h2-6,9,13-14,23H,7-8H2,1H3/t13-,14+/m1/s1. The molecule has 0 aliphatic carbocycles. The first-order chi connectivity index (χ1) is 11.1. The highest BCUT2D eigenvalue weighted by Gasteiger charge is 2.34. The molecular formula is C16H16FN5O. The van der Waals surface area contributed by atoms with Crippen LogP contribution < -0.4 is 4.90 Å². The van der Waals surface area contributed by atoms with Gasteiger partial charge in [0.25, 0.3) is 5.78 Å². The summed E-state index contributed by atoms with van der Waals surface area (Å²) >= 11 is 0. The molecule has 0 amide bonds. The van der Waals surface area contributed by atoms with E-state index < -0.39 is 6.10 Å². The lowest BCUT2D eigenvalue weighted by molar-refractivity contribution is 0.194. The van der Waals surface area contributed by atoms with Crippen LogP contribution in [0.5, 0.6) is 0 Å². The molecule has 4 rings (SSSR count). The van der Waals surface area contributed by atoms with Crippen molar-refractivity contribution in [2.75, 3.05) is 11.4 Å². The second-order valence-corrected chi connectivity index (χ2v) is 5.84. The van der Waals surface area contributed by atoms with E-state index in [0.717, 1.165) is 17.1 Å². The Morgan fingerprint density at radius 2 is 2.04 bits per heavy atom. The Labute approximate surface area is 132 Å². The third-order valence-electron chi connectivity index (χ3n) is 4.19. The van der Waals surface area contributed by atoms with E-state index in [4.69, 9.17) is 0 Å². The summed E-state index contributed by atoms with van der Waals surface area (Å²) < 4.78 is 14.9. The summed E-state index contributed by atoms with van der Waals surface area (Å²) in [6, 6.07) is 8.30. The van der Waals surface area contributed by atoms with E-state index in [1.165, 1.54) is 18.5 Å². The van der Waals surface area contributed by atoms with Crippen LogP contribution in [0.1, 0.15) is 23.7 Å². The van der Waals surface area contributed by atoms with Gasteiger partial charge >= 0.3 is 0 Å². The van der Waals surface area contributed by atoms with Gasteiger partial charge < -0.3 is 10.0 Å². The predicted molar refractivity (Wildman–Crippen MR) is 82.6 cm³/mol. The molecular weight excluding hydrogens is 297 g/mol. The molecule has 0 bridgehead atoms. The lowest BCUT2D eigenvalue weighted by Gasteiger charge is -2.27. The third kappa shape index (κ3) is 2.43. The van der Waals surface area contributed by atoms with Gasteiger partial charge in [-0.2, -0.15) is 14.6 Å². The van der Waals surface area contributed by atoms with Gasteiger partial charge in [0.05, 0.1) is 12.1 Å². The van der Waals surface area contributed by atoms with Gasteiger partial charge in [-0.05, 0) is 31.0 Å². The molecule has 1 aliphatic heterocycles. The minimum Gasteiger partial charge on any atom is -0.391 e. The Bertz CT molecular complexity index is 847. The SMILES string of the molecule is Cc1cc(N2C[C@H](O)C[C@H]2c2ccc(F)cc2)n2ncnc2n1. The van der Waals surface area contributed by atoms with E-state index >= 15 is 0 Å². The van der Waals surface area contributed by atoms with E-state index in [2.05, 4.69) is 20.0 Å². The van der Waals surface area contributed by atoms with Crippen molar-refractivity contribution in [1.29, 1.82) is 0 Å². The number of β-amino-alcohol motifs (C(OH)–C–C–N with tert-alkyl or cyclic N) is 1. The number of aryl methyl sites for hydroxylation is 1. The Morgan fingerprint density at radius 3 is 2.83 bits per heavy atom. The van der Waals surface area contributed by atoms with Gasteiger partial charge in [-0.1, -0.05) is 12.1 Å². The first-order valence-corrected chi connectivity index (χ1v) is 7.49. The van der Waals surface area contributed by atoms with Crippen LogP contribution in [0, 0.1) is 12.7 Å². The number of nitrogens with zero attached hydrogens (tertiary/aromatic N) is 5. The Hall–Kier alpha value is -2.54. The monoisotopic (exact) mass is 313 g/mol. The van der Waals surface area contributed by atoms with Crippen molar-refractivity contribution < 1.29 is 9.50 Å². The first kappa shape index (κ1) is 14.1. The van der Waals surface area contributed by atoms with Gasteiger partial charge in [0, 0.05) is 18.3 Å². The molecule has 1 aliphatic rings. The number of anilines is 1. The largest absolute Gasteiger partial charge is 0.391 e. The zero-order chi connectivity index (χ0) is 16.0. The van der Waals surface area contributed by atoms with Crippen LogP contribution in [-0.2, 0) is 0 Å². The van der Waals surface area contributed by atoms with Crippen LogP contribution in [0.25, 0.3) is 5.78 Å². The lowest BCUT2D eigenvalue weighted by atomic mass is 10.0. The van der Waals surface area contributed by atoms with Crippen molar-refractivity contribution >= 4 is 11.6 Å². The number of fused-ring (bicyclic) bond motifs is 1. The summed E-state index contributed by atoms with van der Waals surface area (Å²) in [7, 11) is 0. The normalized spacial score (nSPS) is 21.3. The van der Waals surface area contributed by atoms with Crippen molar-refractivity contribution in [2.24, 2.45) is 0 Å². The highest BCUT2D eigenvalue weighted by Crippen LogP contribution is 2.36. The summed E-state index contributed by atoms with van der Waals surface area (Å²) in [5, 5.41) is 14.4. The molecule has 3 aromatic rings. The molecule has 23 heavy (non-hydrogen) atoms. The van der Waals surface area contributed by atoms with Crippen LogP contribution in [0.15, 0.2) is 36.7 Å². The smallest absolute Gasteiger partial charge is 0.254 e. The Balaban J connectivity index is 1.81. The number of hydrogen-bond acceptors (Lipinski definition) is 5. The summed E-state index contributed by atoms with van der Waals surface area (Å²) in [6.45, 7) is 2.39. The van der Waals surface area contributed by atoms with E-state index in [0.29, 0.717) is 18.7 Å². The highest BCUT2D eigenvalue weighted by molar-refractivity contribution is 5.50. The number of halogens is 1. The second-order valence-electron chi connectivity index (χ2n) is 5.84. The van der Waals surface area contributed by atoms with Crippen molar-refractivity contribution in [3.8, 4) is 0 Å². The number of hydrogen-bond donors (Lipinski definition) is 1. The molecule has 1 saturated heterocycles. The summed E-state index contributed by atoms with van der Waals surface area (Å²) in [4.78, 5) is 10.6. The van der Waals surface area contributed by atoms with Gasteiger partial charge in [0.15, 0.2) is 0 Å². The molecule has 7 heteroatoms. The van der Waals surface area contributed by atoms with E-state index in [1.54, 1.807) is 16.6 Å².